The number of aryl methyl sites for hydroxylation is 1. The fourth-order valence-corrected chi connectivity index (χ4v) is 3.01. The van der Waals surface area contributed by atoms with Gasteiger partial charge >= 0.3 is 0 Å². The Kier molecular flexibility index (Phi) is 4.35. The van der Waals surface area contributed by atoms with Crippen LogP contribution >= 0.6 is 0 Å². The van der Waals surface area contributed by atoms with Crippen LogP contribution in [0.5, 0.6) is 0 Å². The Balaban J connectivity index is 2.13. The van der Waals surface area contributed by atoms with Gasteiger partial charge in [0.1, 0.15) is 0 Å². The summed E-state index contributed by atoms with van der Waals surface area (Å²) >= 11 is 0. The van der Waals surface area contributed by atoms with E-state index < -0.39 is 0 Å². The van der Waals surface area contributed by atoms with Crippen molar-refractivity contribution in [3.05, 3.63) is 29.3 Å². The summed E-state index contributed by atoms with van der Waals surface area (Å²) in [6.45, 7) is 9.41. The number of hydrogen-bond donors (Lipinski definition) is 1. The zero-order valence-corrected chi connectivity index (χ0v) is 12.9. The molecule has 1 aromatic carbocycles. The van der Waals surface area contributed by atoms with Gasteiger partial charge in [0.25, 0.3) is 0 Å². The fourth-order valence-electron chi connectivity index (χ4n) is 3.01. The van der Waals surface area contributed by atoms with Crippen LogP contribution in [0, 0.1) is 23.7 Å². The van der Waals surface area contributed by atoms with Gasteiger partial charge in [0.2, 0.25) is 0 Å². The maximum atomic E-state index is 9.02. The highest BCUT2D eigenvalue weighted by Crippen LogP contribution is 2.47. The standard InChI is InChI=1S/C17H24N2O/c1-5-17(4)15(10-16(17)20-6-2)19-14-9-13(11-18)8-7-12(14)3/h7-9,15-16,19H,5-6,10H2,1-4H3. The predicted molar refractivity (Wildman–Crippen MR) is 81.7 cm³/mol. The number of hydrogen-bond acceptors (Lipinski definition) is 3. The van der Waals surface area contributed by atoms with Gasteiger partial charge in [-0.25, -0.2) is 0 Å². The van der Waals surface area contributed by atoms with Crippen molar-refractivity contribution in [3.8, 4) is 6.07 Å². The van der Waals surface area contributed by atoms with E-state index in [0.29, 0.717) is 17.7 Å². The molecule has 1 fully saturated rings. The average molecular weight is 272 g/mol. The van der Waals surface area contributed by atoms with E-state index >= 15 is 0 Å². The summed E-state index contributed by atoms with van der Waals surface area (Å²) < 4.78 is 5.84. The molecule has 0 amide bonds. The molecule has 1 N–H and O–H groups in total. The van der Waals surface area contributed by atoms with Crippen LogP contribution < -0.4 is 5.32 Å². The normalized spacial score (nSPS) is 28.6. The topological polar surface area (TPSA) is 45.0 Å². The highest BCUT2D eigenvalue weighted by Gasteiger charge is 2.51. The molecule has 20 heavy (non-hydrogen) atoms. The lowest BCUT2D eigenvalue weighted by Crippen LogP contribution is -2.59. The summed E-state index contributed by atoms with van der Waals surface area (Å²) in [7, 11) is 0. The summed E-state index contributed by atoms with van der Waals surface area (Å²) in [5.41, 5.74) is 3.13. The van der Waals surface area contributed by atoms with Crippen LogP contribution in [-0.4, -0.2) is 18.8 Å². The highest BCUT2D eigenvalue weighted by molar-refractivity contribution is 5.56. The van der Waals surface area contributed by atoms with E-state index in [-0.39, 0.29) is 5.41 Å². The van der Waals surface area contributed by atoms with Gasteiger partial charge in [0.05, 0.1) is 17.7 Å². The molecule has 3 unspecified atom stereocenters. The van der Waals surface area contributed by atoms with Crippen LogP contribution in [0.2, 0.25) is 0 Å². The van der Waals surface area contributed by atoms with Crippen molar-refractivity contribution in [3.63, 3.8) is 0 Å². The van der Waals surface area contributed by atoms with E-state index in [2.05, 4.69) is 39.1 Å². The molecule has 0 aliphatic heterocycles. The highest BCUT2D eigenvalue weighted by atomic mass is 16.5. The number of nitrogens with one attached hydrogen (secondary N) is 1. The number of ether oxygens (including phenoxy) is 1. The average Bonchev–Trinajstić information content (AvgIpc) is 2.47. The van der Waals surface area contributed by atoms with Crippen molar-refractivity contribution < 1.29 is 4.74 Å². The summed E-state index contributed by atoms with van der Waals surface area (Å²) in [5, 5.41) is 12.6. The Morgan fingerprint density at radius 2 is 2.20 bits per heavy atom. The SMILES string of the molecule is CCOC1CC(Nc2cc(C#N)ccc2C)C1(C)CC. The second-order valence-electron chi connectivity index (χ2n) is 5.88. The first-order valence-electron chi connectivity index (χ1n) is 7.44. The fraction of sp³-hybridized carbons (Fsp3) is 0.588. The van der Waals surface area contributed by atoms with Crippen molar-refractivity contribution in [2.45, 2.75) is 52.7 Å². The third-order valence-corrected chi connectivity index (χ3v) is 4.81. The molecule has 0 heterocycles. The molecule has 108 valence electrons. The first kappa shape index (κ1) is 14.9. The van der Waals surface area contributed by atoms with Gasteiger partial charge in [-0.1, -0.05) is 19.9 Å². The van der Waals surface area contributed by atoms with E-state index in [1.165, 1.54) is 5.56 Å². The van der Waals surface area contributed by atoms with Gasteiger partial charge in [0.15, 0.2) is 0 Å². The van der Waals surface area contributed by atoms with Gasteiger partial charge in [0, 0.05) is 23.8 Å². The second-order valence-corrected chi connectivity index (χ2v) is 5.88. The number of benzene rings is 1. The van der Waals surface area contributed by atoms with Gasteiger partial charge in [-0.3, -0.25) is 0 Å². The van der Waals surface area contributed by atoms with Crippen molar-refractivity contribution in [1.82, 2.24) is 0 Å². The van der Waals surface area contributed by atoms with Crippen LogP contribution in [-0.2, 0) is 4.74 Å². The molecule has 0 aromatic heterocycles. The third kappa shape index (κ3) is 2.53. The van der Waals surface area contributed by atoms with E-state index in [1.54, 1.807) is 0 Å². The summed E-state index contributed by atoms with van der Waals surface area (Å²) in [4.78, 5) is 0. The molecule has 0 radical (unpaired) electrons. The Labute approximate surface area is 121 Å². The number of rotatable bonds is 5. The number of nitrogens with zero attached hydrogens (tertiary/aromatic N) is 1. The summed E-state index contributed by atoms with van der Waals surface area (Å²) in [6, 6.07) is 8.43. The molecule has 0 bridgehead atoms. The Hall–Kier alpha value is -1.53. The molecular weight excluding hydrogens is 248 g/mol. The maximum Gasteiger partial charge on any atom is 0.0992 e. The van der Waals surface area contributed by atoms with Crippen LogP contribution in [0.25, 0.3) is 0 Å². The van der Waals surface area contributed by atoms with E-state index in [0.717, 1.165) is 25.1 Å². The quantitative estimate of drug-likeness (QED) is 0.885. The van der Waals surface area contributed by atoms with E-state index in [9.17, 15) is 0 Å². The lowest BCUT2D eigenvalue weighted by atomic mass is 9.61. The smallest absolute Gasteiger partial charge is 0.0992 e. The minimum Gasteiger partial charge on any atom is -0.381 e. The minimum atomic E-state index is 0.172. The van der Waals surface area contributed by atoms with Crippen LogP contribution in [0.4, 0.5) is 5.69 Å². The van der Waals surface area contributed by atoms with Gasteiger partial charge in [-0.05, 0) is 44.4 Å². The molecule has 0 spiro atoms. The summed E-state index contributed by atoms with van der Waals surface area (Å²) in [5.74, 6) is 0. The largest absolute Gasteiger partial charge is 0.381 e. The van der Waals surface area contributed by atoms with Gasteiger partial charge < -0.3 is 10.1 Å². The number of nitriles is 1. The molecule has 3 heteroatoms. The molecule has 3 atom stereocenters. The van der Waals surface area contributed by atoms with Crippen LogP contribution in [0.3, 0.4) is 0 Å². The molecule has 3 nitrogen and oxygen atoms in total. The Morgan fingerprint density at radius 3 is 2.80 bits per heavy atom. The molecule has 0 saturated heterocycles. The Bertz CT molecular complexity index is 520. The molecule has 1 aliphatic rings. The first-order chi connectivity index (χ1) is 9.55. The summed E-state index contributed by atoms with van der Waals surface area (Å²) in [6.07, 6.45) is 2.47. The van der Waals surface area contributed by atoms with E-state index in [1.807, 2.05) is 18.2 Å². The third-order valence-electron chi connectivity index (χ3n) is 4.81. The molecular formula is C17H24N2O. The van der Waals surface area contributed by atoms with Crippen LogP contribution in [0.1, 0.15) is 44.7 Å². The zero-order chi connectivity index (χ0) is 14.8. The minimum absolute atomic E-state index is 0.172. The molecule has 1 aliphatic carbocycles. The molecule has 1 saturated carbocycles. The van der Waals surface area contributed by atoms with Crippen molar-refractivity contribution in [2.75, 3.05) is 11.9 Å². The predicted octanol–water partition coefficient (Wildman–Crippen LogP) is 3.87. The maximum absolute atomic E-state index is 9.02. The lowest BCUT2D eigenvalue weighted by Gasteiger charge is -2.54. The van der Waals surface area contributed by atoms with Crippen molar-refractivity contribution in [2.24, 2.45) is 5.41 Å². The molecule has 2 rings (SSSR count). The van der Waals surface area contributed by atoms with E-state index in [4.69, 9.17) is 10.00 Å². The lowest BCUT2D eigenvalue weighted by molar-refractivity contribution is -0.109. The van der Waals surface area contributed by atoms with Gasteiger partial charge in [-0.15, -0.1) is 0 Å². The monoisotopic (exact) mass is 272 g/mol. The Morgan fingerprint density at radius 1 is 1.45 bits per heavy atom. The second kappa shape index (κ2) is 5.85. The van der Waals surface area contributed by atoms with Crippen molar-refractivity contribution >= 4 is 5.69 Å². The first-order valence-corrected chi connectivity index (χ1v) is 7.44. The van der Waals surface area contributed by atoms with Crippen molar-refractivity contribution in [1.29, 1.82) is 5.26 Å². The molecule has 1 aromatic rings. The zero-order valence-electron chi connectivity index (χ0n) is 12.9. The van der Waals surface area contributed by atoms with Gasteiger partial charge in [-0.2, -0.15) is 5.26 Å². The number of anilines is 1. The van der Waals surface area contributed by atoms with Crippen LogP contribution in [0.15, 0.2) is 18.2 Å².